The Kier molecular flexibility index (Phi) is 6.59. The Morgan fingerprint density at radius 1 is 0.970 bits per heavy atom. The molecule has 4 rings (SSSR count). The molecule has 0 saturated heterocycles. The number of hydrogen-bond donors (Lipinski definition) is 0. The zero-order valence-corrected chi connectivity index (χ0v) is 19.1. The summed E-state index contributed by atoms with van der Waals surface area (Å²) < 4.78 is 5.19. The fourth-order valence-electron chi connectivity index (χ4n) is 4.49. The van der Waals surface area contributed by atoms with E-state index in [1.54, 1.807) is 20.1 Å². The molecule has 2 amide bonds. The molecule has 0 bridgehead atoms. The van der Waals surface area contributed by atoms with E-state index in [-0.39, 0.29) is 23.9 Å². The van der Waals surface area contributed by atoms with Crippen molar-refractivity contribution in [1.29, 1.82) is 0 Å². The summed E-state index contributed by atoms with van der Waals surface area (Å²) in [4.78, 5) is 29.7. The van der Waals surface area contributed by atoms with Crippen LogP contribution in [0.25, 0.3) is 6.08 Å². The van der Waals surface area contributed by atoms with E-state index in [0.717, 1.165) is 28.3 Å². The van der Waals surface area contributed by atoms with Crippen molar-refractivity contribution in [2.24, 2.45) is 0 Å². The van der Waals surface area contributed by atoms with Gasteiger partial charge in [-0.05, 0) is 60.9 Å². The topological polar surface area (TPSA) is 49.9 Å². The summed E-state index contributed by atoms with van der Waals surface area (Å²) in [6.07, 6.45) is 4.07. The lowest BCUT2D eigenvalue weighted by Gasteiger charge is -2.43. The number of carbonyl (C=O) groups excluding carboxylic acids is 2. The van der Waals surface area contributed by atoms with Crippen molar-refractivity contribution < 1.29 is 14.3 Å². The molecule has 0 saturated carbocycles. The maximum absolute atomic E-state index is 13.3. The highest BCUT2D eigenvalue weighted by Gasteiger charge is 2.37. The number of para-hydroxylation sites is 2. The molecule has 0 spiro atoms. The van der Waals surface area contributed by atoms with Gasteiger partial charge < -0.3 is 14.5 Å². The molecule has 168 valence electrons. The third kappa shape index (κ3) is 4.67. The summed E-state index contributed by atoms with van der Waals surface area (Å²) in [7, 11) is 1.63. The molecule has 1 aliphatic heterocycles. The molecule has 0 radical (unpaired) electrons. The Hall–Kier alpha value is -3.86. The van der Waals surface area contributed by atoms with Gasteiger partial charge in [0, 0.05) is 30.4 Å². The molecule has 0 fully saturated rings. The molecule has 0 aliphatic carbocycles. The van der Waals surface area contributed by atoms with E-state index >= 15 is 0 Å². The zero-order chi connectivity index (χ0) is 23.4. The second-order valence-electron chi connectivity index (χ2n) is 8.20. The minimum Gasteiger partial charge on any atom is -0.497 e. The van der Waals surface area contributed by atoms with Gasteiger partial charge in [-0.1, -0.05) is 48.5 Å². The Balaban J connectivity index is 1.66. The number of ether oxygens (including phenoxy) is 1. The van der Waals surface area contributed by atoms with E-state index in [9.17, 15) is 9.59 Å². The van der Waals surface area contributed by atoms with Crippen molar-refractivity contribution >= 4 is 29.3 Å². The van der Waals surface area contributed by atoms with Crippen LogP contribution in [0.4, 0.5) is 11.4 Å². The van der Waals surface area contributed by atoms with Crippen LogP contribution in [0.2, 0.25) is 0 Å². The van der Waals surface area contributed by atoms with Crippen LogP contribution >= 0.6 is 0 Å². The zero-order valence-electron chi connectivity index (χ0n) is 19.1. The number of carbonyl (C=O) groups is 2. The third-order valence-electron chi connectivity index (χ3n) is 6.02. The van der Waals surface area contributed by atoms with Gasteiger partial charge in [0.15, 0.2) is 0 Å². The molecule has 0 unspecified atom stereocenters. The Morgan fingerprint density at radius 3 is 2.30 bits per heavy atom. The van der Waals surface area contributed by atoms with Gasteiger partial charge in [0.2, 0.25) is 5.91 Å². The molecule has 3 aromatic rings. The van der Waals surface area contributed by atoms with Crippen LogP contribution in [0.5, 0.6) is 5.75 Å². The maximum atomic E-state index is 13.3. The first kappa shape index (κ1) is 22.3. The van der Waals surface area contributed by atoms with Gasteiger partial charge >= 0.3 is 0 Å². The molecule has 0 N–H and O–H groups in total. The number of amides is 2. The SMILES string of the molecule is COc1ccc(/C=C/C(=O)N2c3ccccc3[C@@H](N(C(C)=O)c3ccccc3)C[C@H]2C)cc1. The van der Waals surface area contributed by atoms with Crippen molar-refractivity contribution in [3.8, 4) is 5.75 Å². The number of hydrogen-bond acceptors (Lipinski definition) is 3. The van der Waals surface area contributed by atoms with Crippen molar-refractivity contribution in [1.82, 2.24) is 0 Å². The van der Waals surface area contributed by atoms with E-state index in [1.165, 1.54) is 0 Å². The van der Waals surface area contributed by atoms with E-state index < -0.39 is 0 Å². The summed E-state index contributed by atoms with van der Waals surface area (Å²) in [5.41, 5.74) is 3.59. The van der Waals surface area contributed by atoms with Crippen molar-refractivity contribution in [2.45, 2.75) is 32.4 Å². The summed E-state index contributed by atoms with van der Waals surface area (Å²) in [6, 6.07) is 24.9. The average Bonchev–Trinajstić information content (AvgIpc) is 2.83. The van der Waals surface area contributed by atoms with Gasteiger partial charge in [-0.3, -0.25) is 9.59 Å². The van der Waals surface area contributed by atoms with Gasteiger partial charge in [-0.15, -0.1) is 0 Å². The fourth-order valence-corrected chi connectivity index (χ4v) is 4.49. The number of rotatable bonds is 5. The van der Waals surface area contributed by atoms with Crippen LogP contribution in [0, 0.1) is 0 Å². The minimum absolute atomic E-state index is 0.0209. The summed E-state index contributed by atoms with van der Waals surface area (Å²) in [6.45, 7) is 3.63. The van der Waals surface area contributed by atoms with Crippen LogP contribution in [0.15, 0.2) is 84.9 Å². The molecule has 1 heterocycles. The number of anilines is 2. The molecular weight excluding hydrogens is 412 g/mol. The van der Waals surface area contributed by atoms with Gasteiger partial charge in [0.05, 0.1) is 13.2 Å². The summed E-state index contributed by atoms with van der Waals surface area (Å²) in [5.74, 6) is 0.669. The highest BCUT2D eigenvalue weighted by Crippen LogP contribution is 2.42. The lowest BCUT2D eigenvalue weighted by molar-refractivity contribution is -0.117. The van der Waals surface area contributed by atoms with E-state index in [1.807, 2.05) is 102 Å². The molecule has 33 heavy (non-hydrogen) atoms. The fraction of sp³-hybridized carbons (Fsp3) is 0.214. The predicted molar refractivity (Wildman–Crippen MR) is 132 cm³/mol. The third-order valence-corrected chi connectivity index (χ3v) is 6.02. The highest BCUT2D eigenvalue weighted by atomic mass is 16.5. The van der Waals surface area contributed by atoms with E-state index in [0.29, 0.717) is 6.42 Å². The Bertz CT molecular complexity index is 1160. The van der Waals surface area contributed by atoms with Gasteiger partial charge in [0.25, 0.3) is 5.91 Å². The molecule has 5 nitrogen and oxygen atoms in total. The average molecular weight is 441 g/mol. The number of benzene rings is 3. The molecule has 1 aliphatic rings. The van der Waals surface area contributed by atoms with Gasteiger partial charge in [-0.2, -0.15) is 0 Å². The predicted octanol–water partition coefficient (Wildman–Crippen LogP) is 5.63. The monoisotopic (exact) mass is 440 g/mol. The van der Waals surface area contributed by atoms with Crippen LogP contribution in [0.3, 0.4) is 0 Å². The lowest BCUT2D eigenvalue weighted by atomic mass is 9.89. The highest BCUT2D eigenvalue weighted by molar-refractivity contribution is 6.05. The van der Waals surface area contributed by atoms with E-state index in [2.05, 4.69) is 0 Å². The first-order chi connectivity index (χ1) is 16.0. The Labute approximate surface area is 194 Å². The second kappa shape index (κ2) is 9.74. The van der Waals surface area contributed by atoms with Gasteiger partial charge in [0.1, 0.15) is 5.75 Å². The number of methoxy groups -OCH3 is 1. The first-order valence-corrected chi connectivity index (χ1v) is 11.1. The van der Waals surface area contributed by atoms with Crippen molar-refractivity contribution in [3.05, 3.63) is 96.1 Å². The maximum Gasteiger partial charge on any atom is 0.251 e. The number of fused-ring (bicyclic) bond motifs is 1. The van der Waals surface area contributed by atoms with Crippen LogP contribution < -0.4 is 14.5 Å². The molecule has 3 aromatic carbocycles. The van der Waals surface area contributed by atoms with Gasteiger partial charge in [-0.25, -0.2) is 0 Å². The number of nitrogens with zero attached hydrogens (tertiary/aromatic N) is 2. The van der Waals surface area contributed by atoms with E-state index in [4.69, 9.17) is 4.74 Å². The standard InChI is InChI=1S/C28H28N2O3/c1-20-19-27(30(21(2)31)23-9-5-4-6-10-23)25-11-7-8-12-26(25)29(20)28(32)18-15-22-13-16-24(33-3)17-14-22/h4-18,20,27H,19H2,1-3H3/b18-15+/t20-,27+/m1/s1. The van der Waals surface area contributed by atoms with Crippen LogP contribution in [0.1, 0.15) is 37.4 Å². The summed E-state index contributed by atoms with van der Waals surface area (Å²) in [5, 5.41) is 0. The Morgan fingerprint density at radius 2 is 1.64 bits per heavy atom. The normalized spacial score (nSPS) is 17.5. The first-order valence-electron chi connectivity index (χ1n) is 11.1. The molecule has 5 heteroatoms. The largest absolute Gasteiger partial charge is 0.497 e. The molecular formula is C28H28N2O3. The van der Waals surface area contributed by atoms with Crippen LogP contribution in [-0.2, 0) is 9.59 Å². The summed E-state index contributed by atoms with van der Waals surface area (Å²) >= 11 is 0. The quantitative estimate of drug-likeness (QED) is 0.483. The molecule has 2 atom stereocenters. The lowest BCUT2D eigenvalue weighted by Crippen LogP contribution is -2.47. The second-order valence-corrected chi connectivity index (χ2v) is 8.20. The molecule has 0 aromatic heterocycles. The smallest absolute Gasteiger partial charge is 0.251 e. The minimum atomic E-state index is -0.147. The van der Waals surface area contributed by atoms with Crippen LogP contribution in [-0.4, -0.2) is 25.0 Å². The van der Waals surface area contributed by atoms with Crippen molar-refractivity contribution in [3.63, 3.8) is 0 Å². The van der Waals surface area contributed by atoms with Crippen molar-refractivity contribution in [2.75, 3.05) is 16.9 Å².